The normalized spacial score (nSPS) is 11.5. The predicted molar refractivity (Wildman–Crippen MR) is 116 cm³/mol. The van der Waals surface area contributed by atoms with Crippen LogP contribution in [0.5, 0.6) is 0 Å². The van der Waals surface area contributed by atoms with Crippen molar-refractivity contribution in [2.24, 2.45) is 0 Å². The highest BCUT2D eigenvalue weighted by Crippen LogP contribution is 2.13. The number of aryl methyl sites for hydroxylation is 1. The molecular weight excluding hydrogens is 360 g/mol. The maximum Gasteiger partial charge on any atom is 0.251 e. The molecule has 29 heavy (non-hydrogen) atoms. The van der Waals surface area contributed by atoms with Crippen LogP contribution in [0.4, 0.5) is 0 Å². The molecule has 0 aliphatic heterocycles. The van der Waals surface area contributed by atoms with E-state index in [0.717, 1.165) is 18.4 Å². The monoisotopic (exact) mass is 386 g/mol. The molecule has 2 N–H and O–H groups in total. The van der Waals surface area contributed by atoms with Crippen LogP contribution in [-0.2, 0) is 6.42 Å². The van der Waals surface area contributed by atoms with Crippen LogP contribution in [0, 0.1) is 0 Å². The van der Waals surface area contributed by atoms with Gasteiger partial charge in [-0.25, -0.2) is 0 Å². The zero-order valence-corrected chi connectivity index (χ0v) is 16.6. The quantitative estimate of drug-likeness (QED) is 0.559. The zero-order chi connectivity index (χ0) is 20.5. The van der Waals surface area contributed by atoms with E-state index >= 15 is 0 Å². The van der Waals surface area contributed by atoms with E-state index in [1.165, 1.54) is 5.56 Å². The van der Waals surface area contributed by atoms with E-state index in [1.807, 2.05) is 55.5 Å². The van der Waals surface area contributed by atoms with Crippen LogP contribution < -0.4 is 10.6 Å². The smallest absolute Gasteiger partial charge is 0.251 e. The highest BCUT2D eigenvalue weighted by atomic mass is 16.2. The molecule has 0 bridgehead atoms. The van der Waals surface area contributed by atoms with Crippen molar-refractivity contribution >= 4 is 11.8 Å². The van der Waals surface area contributed by atoms with Gasteiger partial charge in [0.25, 0.3) is 11.8 Å². The SMILES string of the molecule is CC(NC(=O)c1cccc(C(=O)NCCCc2ccccc2)c1)c1ccccc1. The molecule has 0 saturated carbocycles. The van der Waals surface area contributed by atoms with Gasteiger partial charge in [-0.2, -0.15) is 0 Å². The molecule has 0 fully saturated rings. The van der Waals surface area contributed by atoms with Gasteiger partial charge in [-0.15, -0.1) is 0 Å². The van der Waals surface area contributed by atoms with E-state index in [2.05, 4.69) is 22.8 Å². The molecule has 0 radical (unpaired) electrons. The van der Waals surface area contributed by atoms with Crippen LogP contribution in [0.2, 0.25) is 0 Å². The Morgan fingerprint density at radius 3 is 2.10 bits per heavy atom. The largest absolute Gasteiger partial charge is 0.352 e. The fraction of sp³-hybridized carbons (Fsp3) is 0.200. The first-order valence-electron chi connectivity index (χ1n) is 9.91. The minimum absolute atomic E-state index is 0.112. The molecule has 4 nitrogen and oxygen atoms in total. The van der Waals surface area contributed by atoms with Gasteiger partial charge in [-0.1, -0.05) is 66.7 Å². The van der Waals surface area contributed by atoms with Gasteiger partial charge in [-0.3, -0.25) is 9.59 Å². The Labute approximate surface area is 172 Å². The van der Waals surface area contributed by atoms with Crippen LogP contribution in [-0.4, -0.2) is 18.4 Å². The van der Waals surface area contributed by atoms with Gasteiger partial charge in [0.05, 0.1) is 6.04 Å². The molecular formula is C25H26N2O2. The first-order chi connectivity index (χ1) is 14.1. The highest BCUT2D eigenvalue weighted by Gasteiger charge is 2.13. The number of amides is 2. The van der Waals surface area contributed by atoms with Crippen molar-refractivity contribution < 1.29 is 9.59 Å². The number of carbonyl (C=O) groups excluding carboxylic acids is 2. The Balaban J connectivity index is 1.52. The predicted octanol–water partition coefficient (Wildman–Crippen LogP) is 4.54. The summed E-state index contributed by atoms with van der Waals surface area (Å²) in [5, 5.41) is 5.91. The second-order valence-electron chi connectivity index (χ2n) is 7.03. The van der Waals surface area contributed by atoms with Crippen LogP contribution in [0.1, 0.15) is 51.2 Å². The molecule has 2 amide bonds. The van der Waals surface area contributed by atoms with Crippen molar-refractivity contribution in [1.82, 2.24) is 10.6 Å². The van der Waals surface area contributed by atoms with E-state index in [9.17, 15) is 9.59 Å². The summed E-state index contributed by atoms with van der Waals surface area (Å²) in [5.41, 5.74) is 3.26. The van der Waals surface area contributed by atoms with Gasteiger partial charge in [0, 0.05) is 17.7 Å². The maximum atomic E-state index is 12.6. The maximum absolute atomic E-state index is 12.6. The molecule has 0 spiro atoms. The van der Waals surface area contributed by atoms with Crippen molar-refractivity contribution in [2.75, 3.05) is 6.54 Å². The molecule has 0 saturated heterocycles. The van der Waals surface area contributed by atoms with E-state index in [4.69, 9.17) is 0 Å². The van der Waals surface area contributed by atoms with Crippen LogP contribution in [0.3, 0.4) is 0 Å². The summed E-state index contributed by atoms with van der Waals surface area (Å²) in [5.74, 6) is -0.357. The third-order valence-corrected chi connectivity index (χ3v) is 4.80. The van der Waals surface area contributed by atoms with Gasteiger partial charge < -0.3 is 10.6 Å². The van der Waals surface area contributed by atoms with Crippen molar-refractivity contribution in [3.8, 4) is 0 Å². The summed E-state index contributed by atoms with van der Waals surface area (Å²) >= 11 is 0. The fourth-order valence-electron chi connectivity index (χ4n) is 3.15. The Morgan fingerprint density at radius 2 is 1.41 bits per heavy atom. The molecule has 0 aliphatic rings. The minimum Gasteiger partial charge on any atom is -0.352 e. The average Bonchev–Trinajstić information content (AvgIpc) is 2.78. The van der Waals surface area contributed by atoms with Crippen LogP contribution in [0.25, 0.3) is 0 Å². The lowest BCUT2D eigenvalue weighted by molar-refractivity contribution is 0.0940. The number of rotatable bonds is 8. The van der Waals surface area contributed by atoms with Crippen molar-refractivity contribution in [3.63, 3.8) is 0 Å². The van der Waals surface area contributed by atoms with Gasteiger partial charge in [0.1, 0.15) is 0 Å². The van der Waals surface area contributed by atoms with E-state index in [1.54, 1.807) is 24.3 Å². The molecule has 4 heteroatoms. The van der Waals surface area contributed by atoms with Crippen LogP contribution >= 0.6 is 0 Å². The average molecular weight is 386 g/mol. The first kappa shape index (κ1) is 20.3. The molecule has 148 valence electrons. The van der Waals surface area contributed by atoms with Gasteiger partial charge in [0.15, 0.2) is 0 Å². The van der Waals surface area contributed by atoms with Gasteiger partial charge in [-0.05, 0) is 49.1 Å². The third kappa shape index (κ3) is 6.04. The van der Waals surface area contributed by atoms with Gasteiger partial charge in [0.2, 0.25) is 0 Å². The summed E-state index contributed by atoms with van der Waals surface area (Å²) in [6, 6.07) is 26.7. The van der Waals surface area contributed by atoms with Crippen molar-refractivity contribution in [1.29, 1.82) is 0 Å². The Hall–Kier alpha value is -3.40. The molecule has 0 aliphatic carbocycles. The zero-order valence-electron chi connectivity index (χ0n) is 16.6. The lowest BCUT2D eigenvalue weighted by atomic mass is 10.1. The minimum atomic E-state index is -0.194. The molecule has 3 aromatic rings. The van der Waals surface area contributed by atoms with Crippen molar-refractivity contribution in [2.45, 2.75) is 25.8 Å². The summed E-state index contributed by atoms with van der Waals surface area (Å²) in [6.07, 6.45) is 1.78. The molecule has 0 aromatic heterocycles. The Morgan fingerprint density at radius 1 is 0.793 bits per heavy atom. The molecule has 0 heterocycles. The standard InChI is InChI=1S/C25H26N2O2/c1-19(21-13-6-3-7-14-21)27-25(29)23-16-8-15-22(18-23)24(28)26-17-9-12-20-10-4-2-5-11-20/h2-8,10-11,13-16,18-19H,9,12,17H2,1H3,(H,26,28)(H,27,29). The highest BCUT2D eigenvalue weighted by molar-refractivity contribution is 5.99. The summed E-state index contributed by atoms with van der Waals surface area (Å²) in [7, 11) is 0. The van der Waals surface area contributed by atoms with Crippen LogP contribution in [0.15, 0.2) is 84.9 Å². The van der Waals surface area contributed by atoms with Gasteiger partial charge >= 0.3 is 0 Å². The molecule has 3 rings (SSSR count). The molecule has 1 atom stereocenters. The fourth-order valence-corrected chi connectivity index (χ4v) is 3.15. The number of hydrogen-bond acceptors (Lipinski definition) is 2. The van der Waals surface area contributed by atoms with E-state index in [0.29, 0.717) is 17.7 Å². The Kier molecular flexibility index (Phi) is 7.17. The Bertz CT molecular complexity index is 939. The lowest BCUT2D eigenvalue weighted by Gasteiger charge is -2.14. The van der Waals surface area contributed by atoms with Crippen molar-refractivity contribution in [3.05, 3.63) is 107 Å². The lowest BCUT2D eigenvalue weighted by Crippen LogP contribution is -2.28. The van der Waals surface area contributed by atoms with E-state index in [-0.39, 0.29) is 17.9 Å². The summed E-state index contributed by atoms with van der Waals surface area (Å²) < 4.78 is 0. The van der Waals surface area contributed by atoms with E-state index < -0.39 is 0 Å². The molecule has 3 aromatic carbocycles. The third-order valence-electron chi connectivity index (χ3n) is 4.80. The first-order valence-corrected chi connectivity index (χ1v) is 9.91. The topological polar surface area (TPSA) is 58.2 Å². The second-order valence-corrected chi connectivity index (χ2v) is 7.03. The summed E-state index contributed by atoms with van der Waals surface area (Å²) in [6.45, 7) is 2.53. The second kappa shape index (κ2) is 10.2. The number of carbonyl (C=O) groups is 2. The summed E-state index contributed by atoms with van der Waals surface area (Å²) in [4.78, 5) is 25.0. The number of hydrogen-bond donors (Lipinski definition) is 2. The number of nitrogens with one attached hydrogen (secondary N) is 2. The molecule has 1 unspecified atom stereocenters. The number of benzene rings is 3.